The van der Waals surface area contributed by atoms with Crippen LogP contribution in [0, 0.1) is 0 Å². The molecule has 2 aliphatic rings. The summed E-state index contributed by atoms with van der Waals surface area (Å²) in [5.41, 5.74) is 1.24. The third kappa shape index (κ3) is 3.95. The molecule has 0 bridgehead atoms. The van der Waals surface area contributed by atoms with Gasteiger partial charge in [0.25, 0.3) is 0 Å². The molecule has 2 fully saturated rings. The Bertz CT molecular complexity index is 776. The van der Waals surface area contributed by atoms with Gasteiger partial charge in [-0.2, -0.15) is 0 Å². The van der Waals surface area contributed by atoms with Crippen molar-refractivity contribution in [1.82, 2.24) is 10.2 Å². The first-order valence-corrected chi connectivity index (χ1v) is 10.8. The highest BCUT2D eigenvalue weighted by Crippen LogP contribution is 2.41. The van der Waals surface area contributed by atoms with Crippen molar-refractivity contribution in [3.63, 3.8) is 0 Å². The summed E-state index contributed by atoms with van der Waals surface area (Å²) in [5.74, 6) is 1.43. The maximum absolute atomic E-state index is 12.2. The summed E-state index contributed by atoms with van der Waals surface area (Å²) in [4.78, 5) is 6.68. The van der Waals surface area contributed by atoms with Gasteiger partial charge in [0.1, 0.15) is 0 Å². The summed E-state index contributed by atoms with van der Waals surface area (Å²) in [6.45, 7) is 7.21. The molecule has 1 saturated carbocycles. The van der Waals surface area contributed by atoms with Crippen molar-refractivity contribution in [2.75, 3.05) is 25.4 Å². The van der Waals surface area contributed by atoms with Gasteiger partial charge in [-0.05, 0) is 44.9 Å². The fourth-order valence-corrected chi connectivity index (χ4v) is 4.90. The Morgan fingerprint density at radius 1 is 1.44 bits per heavy atom. The highest BCUT2D eigenvalue weighted by molar-refractivity contribution is 7.92. The number of aliphatic imine (C=N–C) groups is 1. The SMILES string of the molecule is CCN=C(NC1CC1c1cccc(Cl)c1)N1CCS(=O)(=O)C(C)(C)C1. The summed E-state index contributed by atoms with van der Waals surface area (Å²) < 4.78 is 23.7. The normalized spacial score (nSPS) is 27.8. The molecule has 1 N–H and O–H groups in total. The molecule has 5 nitrogen and oxygen atoms in total. The van der Waals surface area contributed by atoms with Crippen LogP contribution in [0.2, 0.25) is 5.02 Å². The highest BCUT2D eigenvalue weighted by Gasteiger charge is 2.43. The van der Waals surface area contributed by atoms with Crippen LogP contribution in [0.5, 0.6) is 0 Å². The smallest absolute Gasteiger partial charge is 0.194 e. The molecule has 1 heterocycles. The number of nitrogens with zero attached hydrogens (tertiary/aromatic N) is 2. The molecule has 1 aliphatic carbocycles. The molecule has 2 atom stereocenters. The van der Waals surface area contributed by atoms with Crippen LogP contribution < -0.4 is 5.32 Å². The molecule has 2 unspecified atom stereocenters. The van der Waals surface area contributed by atoms with E-state index in [-0.39, 0.29) is 5.75 Å². The van der Waals surface area contributed by atoms with Gasteiger partial charge in [0.15, 0.2) is 15.8 Å². The van der Waals surface area contributed by atoms with Crippen molar-refractivity contribution in [2.45, 2.75) is 43.9 Å². The van der Waals surface area contributed by atoms with Crippen molar-refractivity contribution in [3.8, 4) is 0 Å². The van der Waals surface area contributed by atoms with Crippen molar-refractivity contribution in [3.05, 3.63) is 34.9 Å². The average molecular weight is 384 g/mol. The first kappa shape index (κ1) is 18.5. The van der Waals surface area contributed by atoms with Crippen LogP contribution in [-0.2, 0) is 9.84 Å². The molecule has 138 valence electrons. The second-order valence-electron chi connectivity index (χ2n) is 7.45. The van der Waals surface area contributed by atoms with Crippen molar-refractivity contribution in [2.24, 2.45) is 4.99 Å². The van der Waals surface area contributed by atoms with E-state index in [0.29, 0.717) is 31.6 Å². The Morgan fingerprint density at radius 2 is 2.20 bits per heavy atom. The maximum atomic E-state index is 12.2. The van der Waals surface area contributed by atoms with Gasteiger partial charge in [-0.15, -0.1) is 0 Å². The molecule has 25 heavy (non-hydrogen) atoms. The Balaban J connectivity index is 1.69. The largest absolute Gasteiger partial charge is 0.353 e. The lowest BCUT2D eigenvalue weighted by molar-refractivity contribution is 0.352. The number of sulfone groups is 1. The minimum Gasteiger partial charge on any atom is -0.353 e. The summed E-state index contributed by atoms with van der Waals surface area (Å²) in [7, 11) is -3.05. The Morgan fingerprint density at radius 3 is 2.84 bits per heavy atom. The number of rotatable bonds is 3. The van der Waals surface area contributed by atoms with E-state index >= 15 is 0 Å². The fraction of sp³-hybridized carbons (Fsp3) is 0.611. The minimum absolute atomic E-state index is 0.173. The lowest BCUT2D eigenvalue weighted by Crippen LogP contribution is -2.57. The Hall–Kier alpha value is -1.27. The zero-order valence-electron chi connectivity index (χ0n) is 15.0. The highest BCUT2D eigenvalue weighted by atomic mass is 35.5. The molecular weight excluding hydrogens is 358 g/mol. The zero-order valence-corrected chi connectivity index (χ0v) is 16.6. The van der Waals surface area contributed by atoms with Gasteiger partial charge in [0.05, 0.1) is 10.5 Å². The van der Waals surface area contributed by atoms with Gasteiger partial charge in [0.2, 0.25) is 0 Å². The van der Waals surface area contributed by atoms with Crippen molar-refractivity contribution in [1.29, 1.82) is 0 Å². The van der Waals surface area contributed by atoms with Gasteiger partial charge < -0.3 is 10.2 Å². The second-order valence-corrected chi connectivity index (χ2v) is 10.6. The number of hydrogen-bond acceptors (Lipinski definition) is 3. The number of guanidine groups is 1. The van der Waals surface area contributed by atoms with Crippen LogP contribution in [-0.4, -0.2) is 55.5 Å². The first-order valence-electron chi connectivity index (χ1n) is 8.77. The topological polar surface area (TPSA) is 61.8 Å². The average Bonchev–Trinajstić information content (AvgIpc) is 3.29. The van der Waals surface area contributed by atoms with Crippen LogP contribution in [0.4, 0.5) is 0 Å². The van der Waals surface area contributed by atoms with E-state index in [1.807, 2.05) is 25.1 Å². The molecule has 3 rings (SSSR count). The van der Waals surface area contributed by atoms with Crippen LogP contribution >= 0.6 is 11.6 Å². The van der Waals surface area contributed by atoms with Gasteiger partial charge >= 0.3 is 0 Å². The summed E-state index contributed by atoms with van der Waals surface area (Å²) in [6, 6.07) is 8.31. The molecule has 1 aromatic carbocycles. The minimum atomic E-state index is -3.05. The molecule has 1 saturated heterocycles. The number of halogens is 1. The number of hydrogen-bond donors (Lipinski definition) is 1. The van der Waals surface area contributed by atoms with E-state index in [1.54, 1.807) is 13.8 Å². The van der Waals surface area contributed by atoms with Crippen LogP contribution in [0.3, 0.4) is 0 Å². The lowest BCUT2D eigenvalue weighted by Gasteiger charge is -2.39. The standard InChI is InChI=1S/C18H26ClN3O2S/c1-4-20-17(22-8-9-25(23,24)18(2,3)12-22)21-16-11-15(16)13-6-5-7-14(19)10-13/h5-7,10,15-16H,4,8-9,11-12H2,1-3H3,(H,20,21). The van der Waals surface area contributed by atoms with Crippen LogP contribution in [0.25, 0.3) is 0 Å². The van der Waals surface area contributed by atoms with E-state index in [0.717, 1.165) is 17.4 Å². The van der Waals surface area contributed by atoms with Gasteiger partial charge in [-0.25, -0.2) is 8.42 Å². The second kappa shape index (κ2) is 6.80. The summed E-state index contributed by atoms with van der Waals surface area (Å²) in [5, 5.41) is 4.29. The van der Waals surface area contributed by atoms with Gasteiger partial charge in [-0.1, -0.05) is 23.7 Å². The molecule has 0 amide bonds. The van der Waals surface area contributed by atoms with Crippen molar-refractivity contribution >= 4 is 27.4 Å². The molecule has 0 radical (unpaired) electrons. The van der Waals surface area contributed by atoms with Crippen LogP contribution in [0.15, 0.2) is 29.3 Å². The van der Waals surface area contributed by atoms with E-state index in [4.69, 9.17) is 11.6 Å². The molecule has 7 heteroatoms. The zero-order chi connectivity index (χ0) is 18.2. The predicted octanol–water partition coefficient (Wildman–Crippen LogP) is 2.67. The molecule has 1 aromatic rings. The Labute approximate surface area is 155 Å². The van der Waals surface area contributed by atoms with E-state index < -0.39 is 14.6 Å². The monoisotopic (exact) mass is 383 g/mol. The predicted molar refractivity (Wildman–Crippen MR) is 103 cm³/mol. The van der Waals surface area contributed by atoms with Gasteiger partial charge in [0, 0.05) is 36.6 Å². The third-order valence-electron chi connectivity index (χ3n) is 5.03. The molecule has 0 spiro atoms. The molecule has 1 aliphatic heterocycles. The number of nitrogens with one attached hydrogen (secondary N) is 1. The summed E-state index contributed by atoms with van der Waals surface area (Å²) >= 11 is 6.09. The van der Waals surface area contributed by atoms with E-state index in [1.165, 1.54) is 5.56 Å². The van der Waals surface area contributed by atoms with Crippen LogP contribution in [0.1, 0.15) is 38.7 Å². The Kier molecular flexibility index (Phi) is 5.04. The quantitative estimate of drug-likeness (QED) is 0.643. The molecule has 0 aromatic heterocycles. The lowest BCUT2D eigenvalue weighted by atomic mass is 10.1. The van der Waals surface area contributed by atoms with E-state index in [9.17, 15) is 8.42 Å². The maximum Gasteiger partial charge on any atom is 0.194 e. The fourth-order valence-electron chi connectivity index (χ4n) is 3.34. The molecular formula is C18H26ClN3O2S. The first-order chi connectivity index (χ1) is 11.7. The number of benzene rings is 1. The van der Waals surface area contributed by atoms with E-state index in [2.05, 4.69) is 21.3 Å². The summed E-state index contributed by atoms with van der Waals surface area (Å²) in [6.07, 6.45) is 1.04. The third-order valence-corrected chi connectivity index (χ3v) is 7.80. The van der Waals surface area contributed by atoms with Crippen molar-refractivity contribution < 1.29 is 8.42 Å². The van der Waals surface area contributed by atoms with Gasteiger partial charge in [-0.3, -0.25) is 4.99 Å².